The largest absolute Gasteiger partial charge is 0.481 e. The summed E-state index contributed by atoms with van der Waals surface area (Å²) in [5, 5.41) is 3.84. The molecule has 21 heavy (non-hydrogen) atoms. The Hall–Kier alpha value is -1.51. The quantitative estimate of drug-likeness (QED) is 0.845. The smallest absolute Gasteiger partial charge is 0.139 e. The second-order valence-corrected chi connectivity index (χ2v) is 5.89. The Morgan fingerprint density at radius 2 is 1.86 bits per heavy atom. The fourth-order valence-electron chi connectivity index (χ4n) is 2.34. The highest BCUT2D eigenvalue weighted by Crippen LogP contribution is 2.35. The molecule has 2 aromatic carbocycles. The molecule has 0 saturated carbocycles. The first-order chi connectivity index (χ1) is 10.0. The molecule has 0 aromatic heterocycles. The van der Waals surface area contributed by atoms with Crippen LogP contribution in [0.5, 0.6) is 5.75 Å². The monoisotopic (exact) mass is 303 g/mol. The first-order valence-corrected chi connectivity index (χ1v) is 7.58. The lowest BCUT2D eigenvalue weighted by atomic mass is 9.92. The number of hydrogen-bond acceptors (Lipinski definition) is 2. The summed E-state index contributed by atoms with van der Waals surface area (Å²) in [6, 6.07) is 16.2. The van der Waals surface area contributed by atoms with E-state index in [0.29, 0.717) is 5.02 Å². The molecule has 0 aliphatic rings. The Morgan fingerprint density at radius 3 is 2.48 bits per heavy atom. The molecule has 0 aliphatic heterocycles. The average Bonchev–Trinajstić information content (AvgIpc) is 2.49. The van der Waals surface area contributed by atoms with Crippen LogP contribution >= 0.6 is 11.6 Å². The van der Waals surface area contributed by atoms with Gasteiger partial charge in [-0.05, 0) is 50.7 Å². The summed E-state index contributed by atoms with van der Waals surface area (Å²) >= 11 is 6.32. The molecule has 0 bridgehead atoms. The first kappa shape index (κ1) is 15.9. The van der Waals surface area contributed by atoms with Gasteiger partial charge >= 0.3 is 0 Å². The molecule has 0 aliphatic carbocycles. The third kappa shape index (κ3) is 3.99. The van der Waals surface area contributed by atoms with Gasteiger partial charge in [-0.3, -0.25) is 0 Å². The summed E-state index contributed by atoms with van der Waals surface area (Å²) in [5.74, 6) is 0.727. The molecule has 2 rings (SSSR count). The summed E-state index contributed by atoms with van der Waals surface area (Å²) in [6.45, 7) is 5.00. The van der Waals surface area contributed by atoms with Gasteiger partial charge in [0.15, 0.2) is 0 Å². The van der Waals surface area contributed by atoms with Crippen molar-refractivity contribution in [1.29, 1.82) is 0 Å². The molecule has 0 amide bonds. The third-order valence-corrected chi connectivity index (χ3v) is 3.95. The number of hydrogen-bond donors (Lipinski definition) is 1. The molecule has 0 saturated heterocycles. The molecule has 0 fully saturated rings. The van der Waals surface area contributed by atoms with Crippen molar-refractivity contribution in [3.05, 3.63) is 64.7 Å². The van der Waals surface area contributed by atoms with Crippen LogP contribution in [0.2, 0.25) is 5.02 Å². The lowest BCUT2D eigenvalue weighted by Gasteiger charge is -2.32. The van der Waals surface area contributed by atoms with Gasteiger partial charge in [0.05, 0.1) is 5.02 Å². The fourth-order valence-corrected chi connectivity index (χ4v) is 2.61. The molecule has 112 valence electrons. The zero-order chi connectivity index (χ0) is 15.3. The summed E-state index contributed by atoms with van der Waals surface area (Å²) in [4.78, 5) is 0. The average molecular weight is 304 g/mol. The SMILES string of the molecule is CNCCC(C)(Oc1ccc(C)cc1Cl)c1ccccc1. The van der Waals surface area contributed by atoms with Crippen LogP contribution in [0.4, 0.5) is 0 Å². The van der Waals surface area contributed by atoms with Gasteiger partial charge in [-0.25, -0.2) is 0 Å². The lowest BCUT2D eigenvalue weighted by molar-refractivity contribution is 0.0777. The van der Waals surface area contributed by atoms with E-state index in [9.17, 15) is 0 Å². The molecule has 0 radical (unpaired) electrons. The Morgan fingerprint density at radius 1 is 1.14 bits per heavy atom. The van der Waals surface area contributed by atoms with Crippen LogP contribution in [0.15, 0.2) is 48.5 Å². The van der Waals surface area contributed by atoms with Gasteiger partial charge in [0.25, 0.3) is 0 Å². The van der Waals surface area contributed by atoms with Crippen molar-refractivity contribution in [3.63, 3.8) is 0 Å². The molecule has 1 N–H and O–H groups in total. The van der Waals surface area contributed by atoms with Crippen LogP contribution in [0, 0.1) is 6.92 Å². The van der Waals surface area contributed by atoms with Crippen LogP contribution < -0.4 is 10.1 Å². The van der Waals surface area contributed by atoms with E-state index < -0.39 is 5.60 Å². The van der Waals surface area contributed by atoms with E-state index in [2.05, 4.69) is 24.4 Å². The third-order valence-electron chi connectivity index (χ3n) is 3.66. The second kappa shape index (κ2) is 6.97. The minimum atomic E-state index is -0.414. The van der Waals surface area contributed by atoms with Crippen molar-refractivity contribution in [3.8, 4) is 5.75 Å². The van der Waals surface area contributed by atoms with E-state index in [1.165, 1.54) is 0 Å². The van der Waals surface area contributed by atoms with Crippen LogP contribution in [0.25, 0.3) is 0 Å². The minimum absolute atomic E-state index is 0.414. The highest BCUT2D eigenvalue weighted by atomic mass is 35.5. The molecular formula is C18H22ClNO. The molecule has 0 spiro atoms. The number of nitrogens with one attached hydrogen (secondary N) is 1. The molecule has 2 aromatic rings. The zero-order valence-corrected chi connectivity index (χ0v) is 13.6. The Kier molecular flexibility index (Phi) is 5.27. The van der Waals surface area contributed by atoms with Gasteiger partial charge < -0.3 is 10.1 Å². The number of benzene rings is 2. The topological polar surface area (TPSA) is 21.3 Å². The molecular weight excluding hydrogens is 282 g/mol. The van der Waals surface area contributed by atoms with Gasteiger partial charge in [-0.15, -0.1) is 0 Å². The van der Waals surface area contributed by atoms with Gasteiger partial charge in [0, 0.05) is 6.42 Å². The minimum Gasteiger partial charge on any atom is -0.481 e. The summed E-state index contributed by atoms with van der Waals surface area (Å²) in [5.41, 5.74) is 1.87. The lowest BCUT2D eigenvalue weighted by Crippen LogP contribution is -2.33. The van der Waals surface area contributed by atoms with Crippen molar-refractivity contribution >= 4 is 11.6 Å². The number of aryl methyl sites for hydroxylation is 1. The maximum Gasteiger partial charge on any atom is 0.139 e. The van der Waals surface area contributed by atoms with Crippen LogP contribution in [-0.2, 0) is 5.60 Å². The van der Waals surface area contributed by atoms with Gasteiger partial charge in [-0.2, -0.15) is 0 Å². The van der Waals surface area contributed by atoms with Crippen molar-refractivity contribution < 1.29 is 4.74 Å². The van der Waals surface area contributed by atoms with E-state index in [1.807, 2.05) is 50.4 Å². The maximum atomic E-state index is 6.32. The summed E-state index contributed by atoms with van der Waals surface area (Å²) < 4.78 is 6.30. The van der Waals surface area contributed by atoms with Crippen molar-refractivity contribution in [2.75, 3.05) is 13.6 Å². The van der Waals surface area contributed by atoms with E-state index in [4.69, 9.17) is 16.3 Å². The highest BCUT2D eigenvalue weighted by molar-refractivity contribution is 6.32. The standard InChI is InChI=1S/C18H22ClNO/c1-14-9-10-17(16(19)13-14)21-18(2,11-12-20-3)15-7-5-4-6-8-15/h4-10,13,20H,11-12H2,1-3H3. The molecule has 0 heterocycles. The van der Waals surface area contributed by atoms with Crippen molar-refractivity contribution in [2.24, 2.45) is 0 Å². The van der Waals surface area contributed by atoms with E-state index >= 15 is 0 Å². The predicted molar refractivity (Wildman–Crippen MR) is 89.2 cm³/mol. The van der Waals surface area contributed by atoms with E-state index in [0.717, 1.165) is 29.8 Å². The maximum absolute atomic E-state index is 6.32. The van der Waals surface area contributed by atoms with Gasteiger partial charge in [0.1, 0.15) is 11.4 Å². The van der Waals surface area contributed by atoms with Gasteiger partial charge in [0.2, 0.25) is 0 Å². The van der Waals surface area contributed by atoms with Crippen molar-refractivity contribution in [2.45, 2.75) is 25.9 Å². The summed E-state index contributed by atoms with van der Waals surface area (Å²) in [6.07, 6.45) is 0.859. The van der Waals surface area contributed by atoms with Crippen molar-refractivity contribution in [1.82, 2.24) is 5.32 Å². The Balaban J connectivity index is 2.32. The van der Waals surface area contributed by atoms with Gasteiger partial charge in [-0.1, -0.05) is 48.0 Å². The normalized spacial score (nSPS) is 13.7. The number of halogens is 1. The van der Waals surface area contributed by atoms with E-state index in [-0.39, 0.29) is 0 Å². The Labute approximate surface area is 132 Å². The molecule has 1 unspecified atom stereocenters. The molecule has 1 atom stereocenters. The molecule has 2 nitrogen and oxygen atoms in total. The van der Waals surface area contributed by atoms with Crippen LogP contribution in [0.1, 0.15) is 24.5 Å². The second-order valence-electron chi connectivity index (χ2n) is 5.49. The Bertz CT molecular complexity index is 585. The predicted octanol–water partition coefficient (Wildman–Crippen LogP) is 4.55. The molecule has 3 heteroatoms. The fraction of sp³-hybridized carbons (Fsp3) is 0.333. The van der Waals surface area contributed by atoms with E-state index in [1.54, 1.807) is 0 Å². The van der Waals surface area contributed by atoms with Crippen LogP contribution in [-0.4, -0.2) is 13.6 Å². The zero-order valence-electron chi connectivity index (χ0n) is 12.8. The van der Waals surface area contributed by atoms with Crippen LogP contribution in [0.3, 0.4) is 0 Å². The first-order valence-electron chi connectivity index (χ1n) is 7.20. The summed E-state index contributed by atoms with van der Waals surface area (Å²) in [7, 11) is 1.95. The number of rotatable bonds is 6. The number of ether oxygens (including phenoxy) is 1. The highest BCUT2D eigenvalue weighted by Gasteiger charge is 2.29.